The van der Waals surface area contributed by atoms with Gasteiger partial charge in [0, 0.05) is 30.3 Å². The Balaban J connectivity index is 1.56. The molecule has 0 bridgehead atoms. The minimum Gasteiger partial charge on any atom is -0.493 e. The molecule has 0 aliphatic rings. The second-order valence-corrected chi connectivity index (χ2v) is 6.49. The molecule has 4 aromatic rings. The van der Waals surface area contributed by atoms with E-state index in [4.69, 9.17) is 9.47 Å². The minimum atomic E-state index is -0.667. The lowest BCUT2D eigenvalue weighted by molar-refractivity contribution is 0.102. The quantitative estimate of drug-likeness (QED) is 0.433. The van der Waals surface area contributed by atoms with E-state index in [-0.39, 0.29) is 16.6 Å². The number of hydrogen-bond acceptors (Lipinski definition) is 7. The number of methoxy groups -OCH3 is 1. The predicted octanol–water partition coefficient (Wildman–Crippen LogP) is 1.85. The number of fused-ring (bicyclic) bond motifs is 1. The Morgan fingerprint density at radius 3 is 2.65 bits per heavy atom. The lowest BCUT2D eigenvalue weighted by Crippen LogP contribution is -2.23. The maximum absolute atomic E-state index is 12.7. The van der Waals surface area contributed by atoms with Gasteiger partial charge in [0.2, 0.25) is 0 Å². The van der Waals surface area contributed by atoms with Gasteiger partial charge in [-0.2, -0.15) is 0 Å². The summed E-state index contributed by atoms with van der Waals surface area (Å²) in [5.74, 6) is 0.475. The largest absolute Gasteiger partial charge is 0.493 e. The standard InChI is InChI=1S/C21H17N5O5/c1-30-16-3-2-14(9-17(16)31-11-12-4-6-22-7-5-12)24-19(27)13-8-15-18(23-10-13)25-21(29)26-20(15)28/h2-10H,11H2,1H3,(H,24,27)(H2,23,25,26,28,29). The number of aromatic nitrogens is 4. The summed E-state index contributed by atoms with van der Waals surface area (Å²) in [6.45, 7) is 0.297. The maximum Gasteiger partial charge on any atom is 0.327 e. The van der Waals surface area contributed by atoms with Gasteiger partial charge in [-0.15, -0.1) is 0 Å². The summed E-state index contributed by atoms with van der Waals surface area (Å²) in [6.07, 6.45) is 4.62. The molecule has 3 heterocycles. The molecule has 0 radical (unpaired) electrons. The number of nitrogens with zero attached hydrogens (tertiary/aromatic N) is 2. The van der Waals surface area contributed by atoms with Crippen LogP contribution in [0.1, 0.15) is 15.9 Å². The molecule has 0 saturated heterocycles. The summed E-state index contributed by atoms with van der Waals surface area (Å²) in [5, 5.41) is 2.84. The minimum absolute atomic E-state index is 0.0987. The molecule has 0 saturated carbocycles. The number of anilines is 1. The van der Waals surface area contributed by atoms with E-state index in [2.05, 4.69) is 25.3 Å². The van der Waals surface area contributed by atoms with Gasteiger partial charge in [-0.3, -0.25) is 24.5 Å². The first-order chi connectivity index (χ1) is 15.0. The van der Waals surface area contributed by atoms with Crippen LogP contribution in [0.25, 0.3) is 11.0 Å². The van der Waals surface area contributed by atoms with Gasteiger partial charge in [-0.25, -0.2) is 9.78 Å². The second kappa shape index (κ2) is 8.49. The number of carbonyl (C=O) groups is 1. The predicted molar refractivity (Wildman–Crippen MR) is 113 cm³/mol. The van der Waals surface area contributed by atoms with Crippen molar-refractivity contribution in [1.29, 1.82) is 0 Å². The number of carbonyl (C=O) groups excluding carboxylic acids is 1. The number of amides is 1. The molecule has 3 N–H and O–H groups in total. The van der Waals surface area contributed by atoms with Crippen molar-refractivity contribution in [3.05, 3.63) is 87.0 Å². The summed E-state index contributed by atoms with van der Waals surface area (Å²) in [5.41, 5.74) is 0.349. The van der Waals surface area contributed by atoms with Gasteiger partial charge in [-0.05, 0) is 35.9 Å². The highest BCUT2D eigenvalue weighted by atomic mass is 16.5. The molecule has 0 atom stereocenters. The third-order valence-corrected chi connectivity index (χ3v) is 4.42. The van der Waals surface area contributed by atoms with Crippen LogP contribution in [-0.4, -0.2) is 33.0 Å². The van der Waals surface area contributed by atoms with Crippen molar-refractivity contribution in [2.24, 2.45) is 0 Å². The topological polar surface area (TPSA) is 139 Å². The smallest absolute Gasteiger partial charge is 0.327 e. The van der Waals surface area contributed by atoms with Crippen LogP contribution in [0.2, 0.25) is 0 Å². The summed E-state index contributed by atoms with van der Waals surface area (Å²) in [4.78, 5) is 48.4. The van der Waals surface area contributed by atoms with E-state index in [9.17, 15) is 14.4 Å². The lowest BCUT2D eigenvalue weighted by atomic mass is 10.2. The molecule has 0 fully saturated rings. The fourth-order valence-electron chi connectivity index (χ4n) is 2.88. The van der Waals surface area contributed by atoms with Crippen molar-refractivity contribution < 1.29 is 14.3 Å². The molecule has 0 aliphatic heterocycles. The van der Waals surface area contributed by atoms with Crippen LogP contribution in [0.3, 0.4) is 0 Å². The fraction of sp³-hybridized carbons (Fsp3) is 0.0952. The lowest BCUT2D eigenvalue weighted by Gasteiger charge is -2.13. The van der Waals surface area contributed by atoms with Gasteiger partial charge >= 0.3 is 5.69 Å². The molecule has 10 heteroatoms. The molecular formula is C21H17N5O5. The molecule has 4 rings (SSSR count). The first kappa shape index (κ1) is 19.8. The van der Waals surface area contributed by atoms with Crippen LogP contribution < -0.4 is 26.0 Å². The van der Waals surface area contributed by atoms with Gasteiger partial charge in [0.05, 0.1) is 18.1 Å². The summed E-state index contributed by atoms with van der Waals surface area (Å²) in [7, 11) is 1.52. The zero-order chi connectivity index (χ0) is 21.8. The number of rotatable bonds is 6. The highest BCUT2D eigenvalue weighted by molar-refractivity contribution is 6.05. The SMILES string of the molecule is COc1ccc(NC(=O)c2cnc3[nH]c(=O)[nH]c(=O)c3c2)cc1OCc1ccncc1. The van der Waals surface area contributed by atoms with E-state index in [1.54, 1.807) is 30.6 Å². The Bertz CT molecular complexity index is 1360. The molecule has 31 heavy (non-hydrogen) atoms. The Labute approximate surface area is 174 Å². The van der Waals surface area contributed by atoms with Gasteiger partial charge in [0.15, 0.2) is 11.5 Å². The van der Waals surface area contributed by atoms with Crippen molar-refractivity contribution in [3.63, 3.8) is 0 Å². The molecule has 10 nitrogen and oxygen atoms in total. The number of hydrogen-bond donors (Lipinski definition) is 3. The van der Waals surface area contributed by atoms with Crippen molar-refractivity contribution in [2.45, 2.75) is 6.61 Å². The molecule has 0 unspecified atom stereocenters. The normalized spacial score (nSPS) is 10.6. The van der Waals surface area contributed by atoms with Gasteiger partial charge < -0.3 is 14.8 Å². The average Bonchev–Trinajstić information content (AvgIpc) is 2.78. The summed E-state index contributed by atoms with van der Waals surface area (Å²) in [6, 6.07) is 9.99. The third-order valence-electron chi connectivity index (χ3n) is 4.42. The van der Waals surface area contributed by atoms with Gasteiger partial charge in [-0.1, -0.05) is 0 Å². The fourth-order valence-corrected chi connectivity index (χ4v) is 2.88. The monoisotopic (exact) mass is 419 g/mol. The molecule has 0 spiro atoms. The Kier molecular flexibility index (Phi) is 5.43. The van der Waals surface area contributed by atoms with Crippen LogP contribution >= 0.6 is 0 Å². The van der Waals surface area contributed by atoms with Crippen LogP contribution in [0.15, 0.2) is 64.6 Å². The molecule has 3 aromatic heterocycles. The molecule has 156 valence electrons. The van der Waals surface area contributed by atoms with E-state index in [0.717, 1.165) is 5.56 Å². The van der Waals surface area contributed by atoms with E-state index >= 15 is 0 Å². The average molecular weight is 419 g/mol. The van der Waals surface area contributed by atoms with Gasteiger partial charge in [0.25, 0.3) is 11.5 Å². The second-order valence-electron chi connectivity index (χ2n) is 6.49. The van der Waals surface area contributed by atoms with Gasteiger partial charge in [0.1, 0.15) is 12.3 Å². The Hall–Kier alpha value is -4.47. The van der Waals surface area contributed by atoms with Crippen molar-refractivity contribution >= 4 is 22.6 Å². The Morgan fingerprint density at radius 2 is 1.87 bits per heavy atom. The molecular weight excluding hydrogens is 402 g/mol. The van der Waals surface area contributed by atoms with Crippen molar-refractivity contribution in [1.82, 2.24) is 19.9 Å². The molecule has 1 aromatic carbocycles. The number of benzene rings is 1. The Morgan fingerprint density at radius 1 is 1.06 bits per heavy atom. The summed E-state index contributed by atoms with van der Waals surface area (Å²) >= 11 is 0. The summed E-state index contributed by atoms with van der Waals surface area (Å²) < 4.78 is 11.2. The zero-order valence-corrected chi connectivity index (χ0v) is 16.3. The van der Waals surface area contributed by atoms with E-state index in [0.29, 0.717) is 23.8 Å². The van der Waals surface area contributed by atoms with Crippen molar-refractivity contribution in [2.75, 3.05) is 12.4 Å². The van der Waals surface area contributed by atoms with Crippen LogP contribution in [0, 0.1) is 0 Å². The molecule has 1 amide bonds. The maximum atomic E-state index is 12.7. The van der Waals surface area contributed by atoms with Crippen molar-refractivity contribution in [3.8, 4) is 11.5 Å². The van der Waals surface area contributed by atoms with Crippen LogP contribution in [-0.2, 0) is 6.61 Å². The molecule has 0 aliphatic carbocycles. The third kappa shape index (κ3) is 4.42. The van der Waals surface area contributed by atoms with E-state index in [1.807, 2.05) is 12.1 Å². The van der Waals surface area contributed by atoms with Crippen LogP contribution in [0.4, 0.5) is 5.69 Å². The highest BCUT2D eigenvalue weighted by Gasteiger charge is 2.13. The van der Waals surface area contributed by atoms with E-state index in [1.165, 1.54) is 19.4 Å². The number of nitrogens with one attached hydrogen (secondary N) is 3. The van der Waals surface area contributed by atoms with E-state index < -0.39 is 17.2 Å². The zero-order valence-electron chi connectivity index (χ0n) is 16.3. The van der Waals surface area contributed by atoms with Crippen LogP contribution in [0.5, 0.6) is 11.5 Å². The first-order valence-electron chi connectivity index (χ1n) is 9.17. The number of H-pyrrole nitrogens is 2. The number of pyridine rings is 2. The highest BCUT2D eigenvalue weighted by Crippen LogP contribution is 2.31. The first-order valence-corrected chi connectivity index (χ1v) is 9.17. The number of aromatic amines is 2. The number of ether oxygens (including phenoxy) is 2.